The van der Waals surface area contributed by atoms with Crippen molar-refractivity contribution in [2.45, 2.75) is 32.6 Å². The van der Waals surface area contributed by atoms with E-state index in [9.17, 15) is 0 Å². The third-order valence-corrected chi connectivity index (χ3v) is 3.01. The minimum atomic E-state index is 0.989. The predicted molar refractivity (Wildman–Crippen MR) is 75.1 cm³/mol. The summed E-state index contributed by atoms with van der Waals surface area (Å²) in [6, 6.07) is 8.91. The molecule has 1 aliphatic carbocycles. The van der Waals surface area contributed by atoms with E-state index in [1.54, 1.807) is 0 Å². The Morgan fingerprint density at radius 3 is 2.41 bits per heavy atom. The van der Waals surface area contributed by atoms with Crippen LogP contribution in [-0.2, 0) is 12.8 Å². The lowest BCUT2D eigenvalue weighted by Crippen LogP contribution is -1.92. The van der Waals surface area contributed by atoms with Crippen molar-refractivity contribution >= 4 is 0 Å². The van der Waals surface area contributed by atoms with Crippen LogP contribution in [0.3, 0.4) is 0 Å². The van der Waals surface area contributed by atoms with E-state index in [0.29, 0.717) is 0 Å². The Bertz CT molecular complexity index is 443. The van der Waals surface area contributed by atoms with E-state index in [1.807, 2.05) is 0 Å². The van der Waals surface area contributed by atoms with Crippen molar-refractivity contribution in [3.63, 3.8) is 0 Å². The highest BCUT2D eigenvalue weighted by Gasteiger charge is 2.00. The van der Waals surface area contributed by atoms with Gasteiger partial charge in [-0.1, -0.05) is 54.6 Å². The summed E-state index contributed by atoms with van der Waals surface area (Å²) in [6.07, 6.45) is 11.3. The molecular formula is C17H20. The van der Waals surface area contributed by atoms with Gasteiger partial charge >= 0.3 is 0 Å². The fourth-order valence-electron chi connectivity index (χ4n) is 2.16. The van der Waals surface area contributed by atoms with E-state index in [1.165, 1.54) is 35.1 Å². The van der Waals surface area contributed by atoms with Crippen LogP contribution in [0.15, 0.2) is 60.2 Å². The highest BCUT2D eigenvalue weighted by Crippen LogP contribution is 2.16. The Morgan fingerprint density at radius 1 is 1.12 bits per heavy atom. The summed E-state index contributed by atoms with van der Waals surface area (Å²) in [5, 5.41) is 0. The fourth-order valence-corrected chi connectivity index (χ4v) is 2.16. The minimum Gasteiger partial charge on any atom is -0.0998 e. The van der Waals surface area contributed by atoms with Gasteiger partial charge in [-0.25, -0.2) is 0 Å². The first-order valence-corrected chi connectivity index (χ1v) is 6.32. The number of hydrogen-bond donors (Lipinski definition) is 0. The SMILES string of the molecule is C=C(C)Cc1ccc(CC2=CCCC=C2)cc1. The van der Waals surface area contributed by atoms with Gasteiger partial charge in [-0.2, -0.15) is 0 Å². The van der Waals surface area contributed by atoms with Gasteiger partial charge in [-0.3, -0.25) is 0 Å². The number of rotatable bonds is 4. The molecule has 88 valence electrons. The molecule has 0 aliphatic heterocycles. The molecule has 0 atom stereocenters. The van der Waals surface area contributed by atoms with Crippen LogP contribution in [0.25, 0.3) is 0 Å². The molecule has 1 aromatic rings. The molecule has 0 N–H and O–H groups in total. The monoisotopic (exact) mass is 224 g/mol. The number of hydrogen-bond acceptors (Lipinski definition) is 0. The van der Waals surface area contributed by atoms with Crippen LogP contribution in [0.4, 0.5) is 0 Å². The van der Waals surface area contributed by atoms with E-state index in [-0.39, 0.29) is 0 Å². The van der Waals surface area contributed by atoms with Crippen molar-refractivity contribution in [2.75, 3.05) is 0 Å². The van der Waals surface area contributed by atoms with Crippen LogP contribution in [0.2, 0.25) is 0 Å². The lowest BCUT2D eigenvalue weighted by molar-refractivity contribution is 0.993. The lowest BCUT2D eigenvalue weighted by Gasteiger charge is -2.08. The highest BCUT2D eigenvalue weighted by molar-refractivity contribution is 5.32. The molecule has 0 spiro atoms. The van der Waals surface area contributed by atoms with E-state index in [0.717, 1.165) is 12.8 Å². The molecule has 0 saturated carbocycles. The second-order valence-corrected chi connectivity index (χ2v) is 4.89. The van der Waals surface area contributed by atoms with Crippen molar-refractivity contribution in [3.05, 3.63) is 71.3 Å². The third-order valence-electron chi connectivity index (χ3n) is 3.01. The van der Waals surface area contributed by atoms with E-state index in [4.69, 9.17) is 0 Å². The van der Waals surface area contributed by atoms with Crippen molar-refractivity contribution in [1.82, 2.24) is 0 Å². The van der Waals surface area contributed by atoms with Crippen LogP contribution in [0.1, 0.15) is 30.9 Å². The van der Waals surface area contributed by atoms with Crippen molar-refractivity contribution in [3.8, 4) is 0 Å². The molecule has 0 aromatic heterocycles. The van der Waals surface area contributed by atoms with Gasteiger partial charge in [-0.15, -0.1) is 0 Å². The molecule has 0 radical (unpaired) electrons. The van der Waals surface area contributed by atoms with Gasteiger partial charge in [-0.05, 0) is 49.3 Å². The summed E-state index contributed by atoms with van der Waals surface area (Å²) in [7, 11) is 0. The molecule has 0 fully saturated rings. The highest BCUT2D eigenvalue weighted by atomic mass is 14.1. The Kier molecular flexibility index (Phi) is 3.98. The van der Waals surface area contributed by atoms with E-state index < -0.39 is 0 Å². The zero-order valence-electron chi connectivity index (χ0n) is 10.6. The smallest absolute Gasteiger partial charge is 0.00290 e. The first-order chi connectivity index (χ1) is 8.24. The van der Waals surface area contributed by atoms with Crippen LogP contribution >= 0.6 is 0 Å². The zero-order chi connectivity index (χ0) is 12.1. The third kappa shape index (κ3) is 3.74. The average Bonchev–Trinajstić information content (AvgIpc) is 2.32. The van der Waals surface area contributed by atoms with Gasteiger partial charge in [0.1, 0.15) is 0 Å². The summed E-state index contributed by atoms with van der Waals surface area (Å²) in [4.78, 5) is 0. The maximum atomic E-state index is 3.95. The molecule has 0 amide bonds. The second-order valence-electron chi connectivity index (χ2n) is 4.89. The average molecular weight is 224 g/mol. The van der Waals surface area contributed by atoms with Crippen molar-refractivity contribution in [2.24, 2.45) is 0 Å². The lowest BCUT2D eigenvalue weighted by atomic mass is 9.98. The predicted octanol–water partition coefficient (Wildman–Crippen LogP) is 4.62. The number of benzene rings is 1. The maximum Gasteiger partial charge on any atom is -0.00290 e. The van der Waals surface area contributed by atoms with Crippen LogP contribution < -0.4 is 0 Å². The van der Waals surface area contributed by atoms with Crippen LogP contribution in [-0.4, -0.2) is 0 Å². The Morgan fingerprint density at radius 2 is 1.82 bits per heavy atom. The maximum absolute atomic E-state index is 3.95. The summed E-state index contributed by atoms with van der Waals surface area (Å²) in [5.41, 5.74) is 5.42. The van der Waals surface area contributed by atoms with Gasteiger partial charge in [0.05, 0.1) is 0 Å². The Hall–Kier alpha value is -1.56. The van der Waals surface area contributed by atoms with Gasteiger partial charge in [0.15, 0.2) is 0 Å². The molecule has 2 rings (SSSR count). The van der Waals surface area contributed by atoms with Gasteiger partial charge in [0.25, 0.3) is 0 Å². The number of allylic oxidation sites excluding steroid dienone is 5. The van der Waals surface area contributed by atoms with Gasteiger partial charge in [0.2, 0.25) is 0 Å². The Labute approximate surface area is 104 Å². The quantitative estimate of drug-likeness (QED) is 0.654. The molecule has 0 heterocycles. The fraction of sp³-hybridized carbons (Fsp3) is 0.294. The molecule has 0 saturated heterocycles. The largest absolute Gasteiger partial charge is 0.0998 e. The molecule has 0 nitrogen and oxygen atoms in total. The second kappa shape index (κ2) is 5.67. The van der Waals surface area contributed by atoms with E-state index in [2.05, 4.69) is 56.0 Å². The molecule has 0 unspecified atom stereocenters. The normalized spacial score (nSPS) is 14.5. The molecule has 1 aromatic carbocycles. The summed E-state index contributed by atoms with van der Waals surface area (Å²) >= 11 is 0. The first kappa shape index (κ1) is 11.9. The standard InChI is InChI=1S/C17H20/c1-14(2)12-16-8-10-17(11-9-16)13-15-6-4-3-5-7-15/h4,6-11H,1,3,5,12-13H2,2H3. The first-order valence-electron chi connectivity index (χ1n) is 6.32. The van der Waals surface area contributed by atoms with Crippen molar-refractivity contribution < 1.29 is 0 Å². The van der Waals surface area contributed by atoms with Crippen LogP contribution in [0.5, 0.6) is 0 Å². The van der Waals surface area contributed by atoms with Crippen LogP contribution in [0, 0.1) is 0 Å². The molecular weight excluding hydrogens is 204 g/mol. The topological polar surface area (TPSA) is 0 Å². The zero-order valence-corrected chi connectivity index (χ0v) is 10.6. The Balaban J connectivity index is 2.00. The summed E-state index contributed by atoms with van der Waals surface area (Å²) in [5.74, 6) is 0. The van der Waals surface area contributed by atoms with Gasteiger partial charge in [0, 0.05) is 0 Å². The summed E-state index contributed by atoms with van der Waals surface area (Å²) in [6.45, 7) is 6.02. The minimum absolute atomic E-state index is 0.989. The van der Waals surface area contributed by atoms with Crippen molar-refractivity contribution in [1.29, 1.82) is 0 Å². The summed E-state index contributed by atoms with van der Waals surface area (Å²) < 4.78 is 0. The molecule has 17 heavy (non-hydrogen) atoms. The molecule has 1 aliphatic rings. The molecule has 0 bridgehead atoms. The molecule has 0 heteroatoms. The van der Waals surface area contributed by atoms with Gasteiger partial charge < -0.3 is 0 Å². The van der Waals surface area contributed by atoms with E-state index >= 15 is 0 Å².